The van der Waals surface area contributed by atoms with Crippen molar-refractivity contribution in [2.24, 2.45) is 0 Å². The second-order valence-electron chi connectivity index (χ2n) is 3.36. The Morgan fingerprint density at radius 3 is 2.64 bits per heavy atom. The molecule has 1 aromatic rings. The molecule has 0 aliphatic rings. The molecule has 1 heterocycles. The van der Waals surface area contributed by atoms with Crippen LogP contribution in [0.1, 0.15) is 44.5 Å². The first kappa shape index (κ1) is 10.8. The molecule has 0 spiro atoms. The Labute approximate surface area is 84.6 Å². The molecule has 0 bridgehead atoms. The molecule has 0 aromatic carbocycles. The van der Waals surface area contributed by atoms with Gasteiger partial charge < -0.3 is 0 Å². The fraction of sp³-hybridized carbons (Fsp3) is 0.545. The highest BCUT2D eigenvalue weighted by Gasteiger charge is 2.15. The molecule has 0 aliphatic heterocycles. The maximum Gasteiger partial charge on any atom is 0.138 e. The third-order valence-electron chi connectivity index (χ3n) is 2.36. The van der Waals surface area contributed by atoms with Crippen LogP contribution in [0.4, 0.5) is 0 Å². The molecule has 0 amide bonds. The standard InChI is InChI=1S/C11H16N2O/c1-4-9-6-11(13-7-12-9)10(5-2)8(3)14/h6-7,10H,4-5H2,1-3H3. The number of rotatable bonds is 4. The SMILES string of the molecule is CCc1cc(C(CC)C(C)=O)ncn1. The monoisotopic (exact) mass is 192 g/mol. The van der Waals surface area contributed by atoms with Crippen molar-refractivity contribution in [3.05, 3.63) is 23.8 Å². The third-order valence-corrected chi connectivity index (χ3v) is 2.36. The van der Waals surface area contributed by atoms with E-state index in [9.17, 15) is 4.79 Å². The summed E-state index contributed by atoms with van der Waals surface area (Å²) in [4.78, 5) is 19.6. The van der Waals surface area contributed by atoms with Crippen molar-refractivity contribution < 1.29 is 4.79 Å². The molecule has 76 valence electrons. The van der Waals surface area contributed by atoms with Crippen molar-refractivity contribution in [3.63, 3.8) is 0 Å². The second kappa shape index (κ2) is 4.84. The van der Waals surface area contributed by atoms with E-state index < -0.39 is 0 Å². The Bertz CT molecular complexity index is 323. The normalized spacial score (nSPS) is 12.5. The van der Waals surface area contributed by atoms with Gasteiger partial charge in [-0.25, -0.2) is 9.97 Å². The smallest absolute Gasteiger partial charge is 0.138 e. The van der Waals surface area contributed by atoms with Gasteiger partial charge in [0.15, 0.2) is 0 Å². The average Bonchev–Trinajstić information content (AvgIpc) is 2.19. The Kier molecular flexibility index (Phi) is 3.74. The van der Waals surface area contributed by atoms with Gasteiger partial charge in [0.05, 0.1) is 11.6 Å². The molecule has 1 rings (SSSR count). The average molecular weight is 192 g/mol. The van der Waals surface area contributed by atoms with Gasteiger partial charge in [0.2, 0.25) is 0 Å². The minimum absolute atomic E-state index is 0.0664. The summed E-state index contributed by atoms with van der Waals surface area (Å²) >= 11 is 0. The Hall–Kier alpha value is -1.25. The third kappa shape index (κ3) is 2.37. The van der Waals surface area contributed by atoms with Crippen molar-refractivity contribution in [1.29, 1.82) is 0 Å². The first-order chi connectivity index (χ1) is 6.69. The molecule has 3 nitrogen and oxygen atoms in total. The van der Waals surface area contributed by atoms with E-state index >= 15 is 0 Å². The highest BCUT2D eigenvalue weighted by molar-refractivity contribution is 5.82. The van der Waals surface area contributed by atoms with Crippen molar-refractivity contribution in [1.82, 2.24) is 9.97 Å². The molecule has 1 unspecified atom stereocenters. The van der Waals surface area contributed by atoms with Gasteiger partial charge in [-0.1, -0.05) is 13.8 Å². The maximum atomic E-state index is 11.3. The van der Waals surface area contributed by atoms with E-state index in [1.165, 1.54) is 0 Å². The quantitative estimate of drug-likeness (QED) is 0.733. The van der Waals surface area contributed by atoms with Crippen LogP contribution in [-0.2, 0) is 11.2 Å². The zero-order chi connectivity index (χ0) is 10.6. The number of hydrogen-bond donors (Lipinski definition) is 0. The minimum atomic E-state index is -0.0664. The van der Waals surface area contributed by atoms with Crippen LogP contribution in [0.5, 0.6) is 0 Å². The zero-order valence-electron chi connectivity index (χ0n) is 8.95. The van der Waals surface area contributed by atoms with Crippen LogP contribution < -0.4 is 0 Å². The topological polar surface area (TPSA) is 42.9 Å². The number of aromatic nitrogens is 2. The maximum absolute atomic E-state index is 11.3. The van der Waals surface area contributed by atoms with Gasteiger partial charge in [0.25, 0.3) is 0 Å². The van der Waals surface area contributed by atoms with Gasteiger partial charge in [-0.15, -0.1) is 0 Å². The fourth-order valence-corrected chi connectivity index (χ4v) is 1.50. The molecular weight excluding hydrogens is 176 g/mol. The van der Waals surface area contributed by atoms with Gasteiger partial charge in [-0.3, -0.25) is 4.79 Å². The van der Waals surface area contributed by atoms with Crippen molar-refractivity contribution >= 4 is 5.78 Å². The van der Waals surface area contributed by atoms with Crippen molar-refractivity contribution in [2.45, 2.75) is 39.5 Å². The second-order valence-corrected chi connectivity index (χ2v) is 3.36. The molecule has 3 heteroatoms. The highest BCUT2D eigenvalue weighted by Crippen LogP contribution is 2.18. The molecule has 14 heavy (non-hydrogen) atoms. The lowest BCUT2D eigenvalue weighted by atomic mass is 9.97. The summed E-state index contributed by atoms with van der Waals surface area (Å²) in [7, 11) is 0. The molecule has 1 atom stereocenters. The zero-order valence-corrected chi connectivity index (χ0v) is 8.95. The lowest BCUT2D eigenvalue weighted by molar-refractivity contribution is -0.118. The number of nitrogens with zero attached hydrogens (tertiary/aromatic N) is 2. The number of hydrogen-bond acceptors (Lipinski definition) is 3. The fourth-order valence-electron chi connectivity index (χ4n) is 1.50. The van der Waals surface area contributed by atoms with E-state index in [1.54, 1.807) is 13.3 Å². The number of carbonyl (C=O) groups excluding carboxylic acids is 1. The highest BCUT2D eigenvalue weighted by atomic mass is 16.1. The van der Waals surface area contributed by atoms with Crippen LogP contribution in [0.25, 0.3) is 0 Å². The van der Waals surface area contributed by atoms with Gasteiger partial charge in [0.1, 0.15) is 12.1 Å². The van der Waals surface area contributed by atoms with Crippen LogP contribution in [0.15, 0.2) is 12.4 Å². The number of carbonyl (C=O) groups is 1. The molecule has 0 saturated heterocycles. The van der Waals surface area contributed by atoms with Crippen LogP contribution in [-0.4, -0.2) is 15.8 Å². The van der Waals surface area contributed by atoms with E-state index in [0.717, 1.165) is 24.2 Å². The van der Waals surface area contributed by atoms with Crippen molar-refractivity contribution in [3.8, 4) is 0 Å². The largest absolute Gasteiger partial charge is 0.299 e. The molecule has 0 radical (unpaired) electrons. The molecule has 0 fully saturated rings. The van der Waals surface area contributed by atoms with Gasteiger partial charge in [-0.2, -0.15) is 0 Å². The van der Waals surface area contributed by atoms with Crippen LogP contribution >= 0.6 is 0 Å². The van der Waals surface area contributed by atoms with E-state index in [1.807, 2.05) is 19.9 Å². The van der Waals surface area contributed by atoms with Crippen molar-refractivity contribution in [2.75, 3.05) is 0 Å². The Morgan fingerprint density at radius 1 is 1.43 bits per heavy atom. The Balaban J connectivity index is 2.98. The first-order valence-electron chi connectivity index (χ1n) is 5.00. The molecule has 0 N–H and O–H groups in total. The van der Waals surface area contributed by atoms with E-state index in [2.05, 4.69) is 9.97 Å². The first-order valence-corrected chi connectivity index (χ1v) is 5.00. The van der Waals surface area contributed by atoms with Crippen LogP contribution in [0, 0.1) is 0 Å². The van der Waals surface area contributed by atoms with E-state index in [-0.39, 0.29) is 11.7 Å². The molecule has 0 saturated carbocycles. The predicted molar refractivity (Wildman–Crippen MR) is 55.1 cm³/mol. The summed E-state index contributed by atoms with van der Waals surface area (Å²) in [6.45, 7) is 5.66. The lowest BCUT2D eigenvalue weighted by Gasteiger charge is -2.10. The van der Waals surface area contributed by atoms with Crippen LogP contribution in [0.3, 0.4) is 0 Å². The Morgan fingerprint density at radius 2 is 2.14 bits per heavy atom. The minimum Gasteiger partial charge on any atom is -0.299 e. The summed E-state index contributed by atoms with van der Waals surface area (Å²) in [6, 6.07) is 1.93. The molecule has 1 aromatic heterocycles. The predicted octanol–water partition coefficient (Wildman–Crippen LogP) is 2.12. The molecular formula is C11H16N2O. The summed E-state index contributed by atoms with van der Waals surface area (Å²) < 4.78 is 0. The van der Waals surface area contributed by atoms with Gasteiger partial charge in [0, 0.05) is 5.69 Å². The number of Topliss-reactive ketones (excluding diaryl/α,β-unsaturated/α-hetero) is 1. The summed E-state index contributed by atoms with van der Waals surface area (Å²) in [5.41, 5.74) is 1.85. The number of ketones is 1. The van der Waals surface area contributed by atoms with Crippen LogP contribution in [0.2, 0.25) is 0 Å². The van der Waals surface area contributed by atoms with Gasteiger partial charge in [-0.05, 0) is 25.8 Å². The molecule has 0 aliphatic carbocycles. The lowest BCUT2D eigenvalue weighted by Crippen LogP contribution is -2.10. The van der Waals surface area contributed by atoms with Gasteiger partial charge >= 0.3 is 0 Å². The van der Waals surface area contributed by atoms with E-state index in [4.69, 9.17) is 0 Å². The number of aryl methyl sites for hydroxylation is 1. The van der Waals surface area contributed by atoms with E-state index in [0.29, 0.717) is 0 Å². The summed E-state index contributed by atoms with van der Waals surface area (Å²) in [5.74, 6) is 0.108. The summed E-state index contributed by atoms with van der Waals surface area (Å²) in [6.07, 6.45) is 3.22. The summed E-state index contributed by atoms with van der Waals surface area (Å²) in [5, 5.41) is 0.